The van der Waals surface area contributed by atoms with Crippen LogP contribution in [0.1, 0.15) is 6.42 Å². The lowest BCUT2D eigenvalue weighted by Gasteiger charge is -2.35. The van der Waals surface area contributed by atoms with Gasteiger partial charge in [0.15, 0.2) is 0 Å². The summed E-state index contributed by atoms with van der Waals surface area (Å²) in [5.74, 6) is -0.533. The van der Waals surface area contributed by atoms with Crippen molar-refractivity contribution >= 4 is 30.1 Å². The topological polar surface area (TPSA) is 44.4 Å². The van der Waals surface area contributed by atoms with Gasteiger partial charge < -0.3 is 10.6 Å². The van der Waals surface area contributed by atoms with E-state index in [0.29, 0.717) is 36.8 Å². The van der Waals surface area contributed by atoms with Crippen LogP contribution in [0.15, 0.2) is 29.2 Å². The summed E-state index contributed by atoms with van der Waals surface area (Å²) in [6, 6.07) is 4.50. The first-order chi connectivity index (χ1) is 11.9. The number of nitrogens with one attached hydrogen (secondary N) is 2. The van der Waals surface area contributed by atoms with Crippen LogP contribution >= 0.6 is 24.2 Å². The van der Waals surface area contributed by atoms with E-state index < -0.39 is 24.7 Å². The second-order valence-electron chi connectivity index (χ2n) is 5.68. The first-order valence-electron chi connectivity index (χ1n) is 8.03. The lowest BCUT2D eigenvalue weighted by Crippen LogP contribution is -2.57. The molecule has 1 heterocycles. The molecule has 1 atom stereocenters. The molecule has 1 aromatic carbocycles. The molecule has 1 fully saturated rings. The highest BCUT2D eigenvalue weighted by molar-refractivity contribution is 7.99. The number of carbonyl (C=O) groups excluding carboxylic acids is 1. The van der Waals surface area contributed by atoms with E-state index in [1.807, 2.05) is 0 Å². The molecule has 1 aromatic rings. The molecule has 0 radical (unpaired) electrons. The summed E-state index contributed by atoms with van der Waals surface area (Å²) in [7, 11) is 0. The van der Waals surface area contributed by atoms with Gasteiger partial charge in [0.1, 0.15) is 11.9 Å². The number of hydrogen-bond acceptors (Lipinski definition) is 4. The molecular formula is C16H22ClF4N3OS. The fraction of sp³-hybridized carbons (Fsp3) is 0.562. The molecule has 1 aliphatic rings. The summed E-state index contributed by atoms with van der Waals surface area (Å²) in [6.07, 6.45) is -4.36. The number of benzene rings is 1. The van der Waals surface area contributed by atoms with Gasteiger partial charge in [-0.1, -0.05) is 12.1 Å². The van der Waals surface area contributed by atoms with Gasteiger partial charge in [0.2, 0.25) is 5.91 Å². The zero-order valence-electron chi connectivity index (χ0n) is 14.0. The van der Waals surface area contributed by atoms with E-state index in [1.165, 1.54) is 22.7 Å². The molecule has 2 N–H and O–H groups in total. The molecule has 0 aliphatic carbocycles. The van der Waals surface area contributed by atoms with Gasteiger partial charge in [-0.2, -0.15) is 13.2 Å². The molecule has 26 heavy (non-hydrogen) atoms. The number of nitrogens with zero attached hydrogens (tertiary/aromatic N) is 1. The fourth-order valence-corrected chi connectivity index (χ4v) is 3.45. The van der Waals surface area contributed by atoms with Gasteiger partial charge in [0.05, 0.1) is 0 Å². The number of amides is 1. The number of thioether (sulfide) groups is 1. The quantitative estimate of drug-likeness (QED) is 0.531. The van der Waals surface area contributed by atoms with Crippen molar-refractivity contribution < 1.29 is 22.4 Å². The predicted octanol–water partition coefficient (Wildman–Crippen LogP) is 2.68. The number of carbonyl (C=O) groups is 1. The van der Waals surface area contributed by atoms with Crippen molar-refractivity contribution in [3.05, 3.63) is 30.1 Å². The molecule has 1 aliphatic heterocycles. The molecule has 0 aromatic heterocycles. The van der Waals surface area contributed by atoms with Gasteiger partial charge in [-0.25, -0.2) is 4.39 Å². The predicted molar refractivity (Wildman–Crippen MR) is 96.3 cm³/mol. The van der Waals surface area contributed by atoms with Crippen molar-refractivity contribution in [2.75, 3.05) is 38.5 Å². The number of halogens is 5. The molecule has 4 nitrogen and oxygen atoms in total. The van der Waals surface area contributed by atoms with Gasteiger partial charge in [-0.3, -0.25) is 9.69 Å². The van der Waals surface area contributed by atoms with Crippen LogP contribution < -0.4 is 10.6 Å². The third-order valence-corrected chi connectivity index (χ3v) is 4.94. The van der Waals surface area contributed by atoms with Crippen molar-refractivity contribution in [3.63, 3.8) is 0 Å². The third-order valence-electron chi connectivity index (χ3n) is 3.89. The van der Waals surface area contributed by atoms with Crippen LogP contribution in [0.2, 0.25) is 0 Å². The Balaban J connectivity index is 0.00000338. The minimum Gasteiger partial charge on any atom is -0.354 e. The largest absolute Gasteiger partial charge is 0.405 e. The van der Waals surface area contributed by atoms with Crippen LogP contribution in [0.4, 0.5) is 17.6 Å². The van der Waals surface area contributed by atoms with Crippen LogP contribution in [-0.2, 0) is 4.79 Å². The number of rotatable bonds is 7. The highest BCUT2D eigenvalue weighted by atomic mass is 35.5. The van der Waals surface area contributed by atoms with E-state index in [-0.39, 0.29) is 24.6 Å². The van der Waals surface area contributed by atoms with Gasteiger partial charge in [0.25, 0.3) is 0 Å². The van der Waals surface area contributed by atoms with Crippen molar-refractivity contribution in [2.45, 2.75) is 23.5 Å². The average molecular weight is 416 g/mol. The Morgan fingerprint density at radius 1 is 1.27 bits per heavy atom. The minimum atomic E-state index is -4.40. The van der Waals surface area contributed by atoms with Crippen molar-refractivity contribution in [1.29, 1.82) is 0 Å². The SMILES string of the molecule is Cl.O=C(CCSc1ccccc1F)NCC(N1CCNCC1)C(F)(F)F. The highest BCUT2D eigenvalue weighted by Crippen LogP contribution is 2.25. The van der Waals surface area contributed by atoms with Gasteiger partial charge >= 0.3 is 6.18 Å². The van der Waals surface area contributed by atoms with Crippen LogP contribution in [0.3, 0.4) is 0 Å². The van der Waals surface area contributed by atoms with E-state index in [1.54, 1.807) is 18.2 Å². The highest BCUT2D eigenvalue weighted by Gasteiger charge is 2.43. The summed E-state index contributed by atoms with van der Waals surface area (Å²) < 4.78 is 53.1. The monoisotopic (exact) mass is 415 g/mol. The fourth-order valence-electron chi connectivity index (χ4n) is 2.56. The zero-order chi connectivity index (χ0) is 18.3. The van der Waals surface area contributed by atoms with Crippen molar-refractivity contribution in [1.82, 2.24) is 15.5 Å². The first-order valence-corrected chi connectivity index (χ1v) is 9.02. The standard InChI is InChI=1S/C16H21F4N3OS.ClH/c17-12-3-1-2-4-13(12)25-10-5-15(24)22-11-14(16(18,19)20)23-8-6-21-7-9-23;/h1-4,14,21H,5-11H2,(H,22,24);1H. The molecular weight excluding hydrogens is 394 g/mol. The molecule has 10 heteroatoms. The molecule has 1 saturated heterocycles. The Morgan fingerprint density at radius 3 is 2.54 bits per heavy atom. The smallest absolute Gasteiger partial charge is 0.354 e. The molecule has 1 unspecified atom stereocenters. The summed E-state index contributed by atoms with van der Waals surface area (Å²) in [6.45, 7) is 1.12. The number of alkyl halides is 3. The van der Waals surface area contributed by atoms with Crippen molar-refractivity contribution in [3.8, 4) is 0 Å². The first kappa shape index (κ1) is 23.0. The van der Waals surface area contributed by atoms with Crippen molar-refractivity contribution in [2.24, 2.45) is 0 Å². The van der Waals surface area contributed by atoms with Crippen LogP contribution in [-0.4, -0.2) is 61.5 Å². The number of piperazine rings is 1. The van der Waals surface area contributed by atoms with E-state index in [4.69, 9.17) is 0 Å². The molecule has 2 rings (SSSR count). The normalized spacial score (nSPS) is 16.6. The maximum atomic E-state index is 13.4. The molecule has 148 valence electrons. The Morgan fingerprint density at radius 2 is 1.92 bits per heavy atom. The van der Waals surface area contributed by atoms with Gasteiger partial charge in [-0.05, 0) is 12.1 Å². The lowest BCUT2D eigenvalue weighted by atomic mass is 10.2. The maximum absolute atomic E-state index is 13.4. The molecule has 0 bridgehead atoms. The Hall–Kier alpha value is -1.03. The van der Waals surface area contributed by atoms with E-state index in [9.17, 15) is 22.4 Å². The van der Waals surface area contributed by atoms with Gasteiger partial charge in [0, 0.05) is 49.8 Å². The summed E-state index contributed by atoms with van der Waals surface area (Å²) in [5.41, 5.74) is 0. The summed E-state index contributed by atoms with van der Waals surface area (Å²) >= 11 is 1.17. The summed E-state index contributed by atoms with van der Waals surface area (Å²) in [5, 5.41) is 5.36. The Bertz CT molecular complexity index is 571. The average Bonchev–Trinajstić information content (AvgIpc) is 2.56. The summed E-state index contributed by atoms with van der Waals surface area (Å²) in [4.78, 5) is 13.6. The van der Waals surface area contributed by atoms with Crippen LogP contribution in [0.5, 0.6) is 0 Å². The minimum absolute atomic E-state index is 0. The maximum Gasteiger partial charge on any atom is 0.405 e. The lowest BCUT2D eigenvalue weighted by molar-refractivity contribution is -0.184. The van der Waals surface area contributed by atoms with Crippen LogP contribution in [0.25, 0.3) is 0 Å². The second kappa shape index (κ2) is 11.0. The van der Waals surface area contributed by atoms with E-state index in [0.717, 1.165) is 0 Å². The third kappa shape index (κ3) is 7.30. The van der Waals surface area contributed by atoms with E-state index >= 15 is 0 Å². The van der Waals surface area contributed by atoms with Crippen LogP contribution in [0, 0.1) is 5.82 Å². The molecule has 0 saturated carbocycles. The Kier molecular flexibility index (Phi) is 9.70. The second-order valence-corrected chi connectivity index (χ2v) is 6.81. The molecule has 0 spiro atoms. The number of hydrogen-bond donors (Lipinski definition) is 2. The zero-order valence-corrected chi connectivity index (χ0v) is 15.7. The molecule has 1 amide bonds. The van der Waals surface area contributed by atoms with E-state index in [2.05, 4.69) is 10.6 Å². The van der Waals surface area contributed by atoms with Gasteiger partial charge in [-0.15, -0.1) is 24.2 Å². The Labute approximate surface area is 160 Å².